The zero-order valence-electron chi connectivity index (χ0n) is 31.0. The van der Waals surface area contributed by atoms with E-state index < -0.39 is 0 Å². The highest BCUT2D eigenvalue weighted by Gasteiger charge is 2.23. The van der Waals surface area contributed by atoms with Crippen molar-refractivity contribution >= 4 is 65.4 Å². The van der Waals surface area contributed by atoms with Crippen molar-refractivity contribution in [3.05, 3.63) is 212 Å². The molecule has 0 aliphatic carbocycles. The highest BCUT2D eigenvalue weighted by atomic mass is 15.0. The Morgan fingerprint density at radius 1 is 0.246 bits per heavy atom. The number of aromatic nitrogens is 3. The van der Waals surface area contributed by atoms with Crippen molar-refractivity contribution in [3.8, 4) is 39.3 Å². The van der Waals surface area contributed by atoms with Crippen molar-refractivity contribution in [2.45, 2.75) is 0 Å². The molecule has 57 heavy (non-hydrogen) atoms. The van der Waals surface area contributed by atoms with E-state index in [0.29, 0.717) is 0 Å². The summed E-state index contributed by atoms with van der Waals surface area (Å²) in [6, 6.07) is 77.4. The van der Waals surface area contributed by atoms with E-state index in [1.165, 1.54) is 87.7 Å². The van der Waals surface area contributed by atoms with Crippen LogP contribution in [0, 0.1) is 0 Å². The molecule has 0 saturated heterocycles. The number of benzene rings is 9. The van der Waals surface area contributed by atoms with Gasteiger partial charge in [-0.2, -0.15) is 0 Å². The Labute approximate surface area is 329 Å². The number of rotatable bonds is 5. The third-order valence-corrected chi connectivity index (χ3v) is 11.8. The molecule has 0 saturated carbocycles. The van der Waals surface area contributed by atoms with E-state index in [1.54, 1.807) is 0 Å². The minimum atomic E-state index is 1.15. The number of hydrogen-bond acceptors (Lipinski definition) is 0. The van der Waals surface area contributed by atoms with Gasteiger partial charge in [0, 0.05) is 49.3 Å². The minimum Gasteiger partial charge on any atom is -0.309 e. The minimum absolute atomic E-state index is 1.15. The Hall–Kier alpha value is -7.62. The van der Waals surface area contributed by atoms with Gasteiger partial charge in [0.25, 0.3) is 0 Å². The summed E-state index contributed by atoms with van der Waals surface area (Å²) < 4.78 is 7.30. The molecular formula is C54H35N3. The third-order valence-electron chi connectivity index (χ3n) is 11.8. The summed E-state index contributed by atoms with van der Waals surface area (Å²) in [5.74, 6) is 0. The van der Waals surface area contributed by atoms with Crippen LogP contribution >= 0.6 is 0 Å². The lowest BCUT2D eigenvalue weighted by Crippen LogP contribution is -1.97. The monoisotopic (exact) mass is 725 g/mol. The van der Waals surface area contributed by atoms with Gasteiger partial charge in [0.2, 0.25) is 0 Å². The molecule has 9 aromatic carbocycles. The summed E-state index contributed by atoms with van der Waals surface area (Å²) in [6.07, 6.45) is 0. The summed E-state index contributed by atoms with van der Waals surface area (Å²) in [7, 11) is 0. The number of fused-ring (bicyclic) bond motifs is 10. The quantitative estimate of drug-likeness (QED) is 0.168. The van der Waals surface area contributed by atoms with E-state index in [1.807, 2.05) is 0 Å². The van der Waals surface area contributed by atoms with Gasteiger partial charge in [0.05, 0.1) is 38.8 Å². The maximum Gasteiger partial charge on any atom is 0.0549 e. The van der Waals surface area contributed by atoms with Crippen LogP contribution in [0.15, 0.2) is 212 Å². The SMILES string of the molecule is c1ccc(-c2ccc3c(c2)c2c4c5ccccc5n(-c5ccccc5)c4ccc2n3-c2ccccc2-c2ccc3c(c2)c2ccccc2n3-c2ccccc2)cc1. The van der Waals surface area contributed by atoms with Crippen LogP contribution in [0.5, 0.6) is 0 Å². The smallest absolute Gasteiger partial charge is 0.0549 e. The lowest BCUT2D eigenvalue weighted by molar-refractivity contribution is 1.17. The van der Waals surface area contributed by atoms with Gasteiger partial charge in [0.15, 0.2) is 0 Å². The largest absolute Gasteiger partial charge is 0.309 e. The number of para-hydroxylation sites is 5. The van der Waals surface area contributed by atoms with Crippen LogP contribution in [0.1, 0.15) is 0 Å². The maximum atomic E-state index is 2.50. The summed E-state index contributed by atoms with van der Waals surface area (Å²) >= 11 is 0. The maximum absolute atomic E-state index is 2.50. The van der Waals surface area contributed by atoms with Crippen LogP contribution in [0.25, 0.3) is 105 Å². The molecule has 3 heterocycles. The number of nitrogens with zero attached hydrogens (tertiary/aromatic N) is 3. The molecule has 266 valence electrons. The molecule has 0 aliphatic rings. The van der Waals surface area contributed by atoms with Gasteiger partial charge in [-0.1, -0.05) is 133 Å². The molecule has 3 aromatic heterocycles. The molecule has 0 spiro atoms. The van der Waals surface area contributed by atoms with Crippen LogP contribution in [0.2, 0.25) is 0 Å². The van der Waals surface area contributed by atoms with Gasteiger partial charge in [-0.25, -0.2) is 0 Å². The van der Waals surface area contributed by atoms with E-state index in [2.05, 4.69) is 226 Å². The van der Waals surface area contributed by atoms with Gasteiger partial charge in [0.1, 0.15) is 0 Å². The second-order valence-corrected chi connectivity index (χ2v) is 14.9. The molecule has 0 N–H and O–H groups in total. The molecule has 0 radical (unpaired) electrons. The van der Waals surface area contributed by atoms with Crippen LogP contribution in [-0.4, -0.2) is 13.7 Å². The average Bonchev–Trinajstić information content (AvgIpc) is 3.92. The number of hydrogen-bond donors (Lipinski definition) is 0. The first-order valence-electron chi connectivity index (χ1n) is 19.6. The van der Waals surface area contributed by atoms with Gasteiger partial charge < -0.3 is 13.7 Å². The normalized spacial score (nSPS) is 11.9. The Morgan fingerprint density at radius 3 is 1.42 bits per heavy atom. The molecule has 3 heteroatoms. The molecule has 0 amide bonds. The molecule has 0 bridgehead atoms. The van der Waals surface area contributed by atoms with Crippen molar-refractivity contribution in [3.63, 3.8) is 0 Å². The van der Waals surface area contributed by atoms with Crippen LogP contribution in [0.4, 0.5) is 0 Å². The van der Waals surface area contributed by atoms with Gasteiger partial charge >= 0.3 is 0 Å². The average molecular weight is 726 g/mol. The van der Waals surface area contributed by atoms with E-state index >= 15 is 0 Å². The topological polar surface area (TPSA) is 14.8 Å². The Kier molecular flexibility index (Phi) is 6.93. The van der Waals surface area contributed by atoms with Gasteiger partial charge in [-0.05, 0) is 95.6 Å². The third kappa shape index (κ3) is 4.73. The first-order valence-corrected chi connectivity index (χ1v) is 19.6. The molecule has 0 fully saturated rings. The Balaban J connectivity index is 1.16. The molecule has 0 atom stereocenters. The fourth-order valence-electron chi connectivity index (χ4n) is 9.40. The Morgan fingerprint density at radius 2 is 0.702 bits per heavy atom. The van der Waals surface area contributed by atoms with Crippen molar-refractivity contribution in [1.29, 1.82) is 0 Å². The molecule has 0 aliphatic heterocycles. The Bertz CT molecular complexity index is 3500. The van der Waals surface area contributed by atoms with Crippen LogP contribution < -0.4 is 0 Å². The predicted octanol–water partition coefficient (Wildman–Crippen LogP) is 14.3. The predicted molar refractivity (Wildman–Crippen MR) is 240 cm³/mol. The van der Waals surface area contributed by atoms with Gasteiger partial charge in [-0.15, -0.1) is 0 Å². The standard InChI is InChI=1S/C54H35N3/c1-4-16-36(17-5-1)37-28-30-50-45(34-37)54-52(33-32-51-53(54)43-24-12-15-27-48(43)56(51)40-20-8-3-9-21-40)57(50)46-25-13-10-22-41(46)38-29-31-49-44(35-38)42-23-11-14-26-47(42)55(49)39-18-6-2-7-19-39/h1-35H. The highest BCUT2D eigenvalue weighted by Crippen LogP contribution is 2.45. The van der Waals surface area contributed by atoms with E-state index in [-0.39, 0.29) is 0 Å². The molecule has 3 nitrogen and oxygen atoms in total. The fourth-order valence-corrected chi connectivity index (χ4v) is 9.40. The fraction of sp³-hybridized carbons (Fsp3) is 0. The highest BCUT2D eigenvalue weighted by molar-refractivity contribution is 6.29. The van der Waals surface area contributed by atoms with E-state index in [0.717, 1.165) is 17.1 Å². The summed E-state index contributed by atoms with van der Waals surface area (Å²) in [5, 5.41) is 7.52. The molecule has 0 unspecified atom stereocenters. The molecule has 12 rings (SSSR count). The van der Waals surface area contributed by atoms with Crippen molar-refractivity contribution in [2.75, 3.05) is 0 Å². The second kappa shape index (κ2) is 12.5. The summed E-state index contributed by atoms with van der Waals surface area (Å²) in [5.41, 5.74) is 15.5. The van der Waals surface area contributed by atoms with Crippen LogP contribution in [-0.2, 0) is 0 Å². The second-order valence-electron chi connectivity index (χ2n) is 14.9. The first-order chi connectivity index (χ1) is 28.3. The van der Waals surface area contributed by atoms with Crippen molar-refractivity contribution in [1.82, 2.24) is 13.7 Å². The van der Waals surface area contributed by atoms with Crippen molar-refractivity contribution in [2.24, 2.45) is 0 Å². The lowest BCUT2D eigenvalue weighted by atomic mass is 10.0. The van der Waals surface area contributed by atoms with Gasteiger partial charge in [-0.3, -0.25) is 0 Å². The van der Waals surface area contributed by atoms with Crippen molar-refractivity contribution < 1.29 is 0 Å². The summed E-state index contributed by atoms with van der Waals surface area (Å²) in [4.78, 5) is 0. The summed E-state index contributed by atoms with van der Waals surface area (Å²) in [6.45, 7) is 0. The lowest BCUT2D eigenvalue weighted by Gasteiger charge is -2.15. The van der Waals surface area contributed by atoms with E-state index in [4.69, 9.17) is 0 Å². The molecular weight excluding hydrogens is 691 g/mol. The zero-order valence-corrected chi connectivity index (χ0v) is 31.0. The molecule has 12 aromatic rings. The first kappa shape index (κ1) is 31.7. The van der Waals surface area contributed by atoms with E-state index in [9.17, 15) is 0 Å². The zero-order chi connectivity index (χ0) is 37.5. The van der Waals surface area contributed by atoms with Crippen LogP contribution in [0.3, 0.4) is 0 Å².